The maximum absolute atomic E-state index is 14.7. The lowest BCUT2D eigenvalue weighted by molar-refractivity contribution is -0.137. The molecule has 0 heterocycles. The van der Waals surface area contributed by atoms with Gasteiger partial charge in [0.15, 0.2) is 5.96 Å². The van der Waals surface area contributed by atoms with Crippen LogP contribution < -0.4 is 93.7 Å². The second kappa shape index (κ2) is 45.9. The van der Waals surface area contributed by atoms with Gasteiger partial charge in [0.1, 0.15) is 54.4 Å². The van der Waals surface area contributed by atoms with Crippen LogP contribution in [0.4, 0.5) is 0 Å². The first-order chi connectivity index (χ1) is 41.5. The number of primary amides is 1. The van der Waals surface area contributed by atoms with Crippen LogP contribution in [-0.4, -0.2) is 158 Å². The van der Waals surface area contributed by atoms with Crippen molar-refractivity contribution in [3.8, 4) is 0 Å². The van der Waals surface area contributed by atoms with Crippen molar-refractivity contribution in [1.82, 2.24) is 47.9 Å². The first-order valence-electron chi connectivity index (χ1n) is 32.1. The molecule has 28 nitrogen and oxygen atoms in total. The highest BCUT2D eigenvalue weighted by Gasteiger charge is 2.37. The Hall–Kier alpha value is -6.23. The minimum atomic E-state index is -1.34. The molecule has 0 rings (SSSR count). The van der Waals surface area contributed by atoms with E-state index in [4.69, 9.17) is 45.9 Å². The van der Waals surface area contributed by atoms with Gasteiger partial charge in [0.2, 0.25) is 59.1 Å². The van der Waals surface area contributed by atoms with E-state index in [0.29, 0.717) is 77.3 Å². The van der Waals surface area contributed by atoms with Crippen molar-refractivity contribution in [2.45, 2.75) is 252 Å². The minimum Gasteiger partial charge on any atom is -0.370 e. The van der Waals surface area contributed by atoms with Crippen LogP contribution in [0.2, 0.25) is 0 Å². The monoisotopic (exact) mass is 1250 g/mol. The van der Waals surface area contributed by atoms with E-state index in [2.05, 4.69) is 52.8 Å². The van der Waals surface area contributed by atoms with Gasteiger partial charge in [-0.15, -0.1) is 0 Å². The Kier molecular flexibility index (Phi) is 42.7. The van der Waals surface area contributed by atoms with Crippen molar-refractivity contribution < 1.29 is 47.9 Å². The van der Waals surface area contributed by atoms with Gasteiger partial charge in [-0.3, -0.25) is 52.9 Å². The van der Waals surface area contributed by atoms with E-state index in [9.17, 15) is 47.9 Å². The van der Waals surface area contributed by atoms with E-state index < -0.39 is 125 Å². The Morgan fingerprint density at radius 3 is 0.932 bits per heavy atom. The molecule has 0 spiro atoms. The van der Waals surface area contributed by atoms with Gasteiger partial charge in [-0.2, -0.15) is 0 Å². The van der Waals surface area contributed by atoms with Gasteiger partial charge >= 0.3 is 0 Å². The number of guanidine groups is 1. The summed E-state index contributed by atoms with van der Waals surface area (Å²) in [7, 11) is 0. The predicted octanol–water partition coefficient (Wildman–Crippen LogP) is -1.04. The zero-order valence-electron chi connectivity index (χ0n) is 54.8. The van der Waals surface area contributed by atoms with E-state index in [0.717, 1.165) is 0 Å². The van der Waals surface area contributed by atoms with Gasteiger partial charge in [0.05, 0.1) is 6.04 Å². The fourth-order valence-electron chi connectivity index (χ4n) is 9.65. The van der Waals surface area contributed by atoms with E-state index in [-0.39, 0.29) is 107 Å². The Morgan fingerprint density at radius 1 is 0.341 bits per heavy atom. The Morgan fingerprint density at radius 2 is 0.614 bits per heavy atom. The summed E-state index contributed by atoms with van der Waals surface area (Å²) < 4.78 is 0. The van der Waals surface area contributed by atoms with Crippen molar-refractivity contribution in [3.05, 3.63) is 0 Å². The lowest BCUT2D eigenvalue weighted by atomic mass is 9.96. The molecule has 508 valence electrons. The summed E-state index contributed by atoms with van der Waals surface area (Å²) in [6, 6.07) is -11.5. The topological polar surface area (TPSA) is 499 Å². The molecule has 0 aromatic heterocycles. The van der Waals surface area contributed by atoms with E-state index in [1.165, 1.54) is 0 Å². The number of carbonyl (C=O) groups excluding carboxylic acids is 10. The quantitative estimate of drug-likeness (QED) is 0.0197. The lowest BCUT2D eigenvalue weighted by Gasteiger charge is -2.30. The highest BCUT2D eigenvalue weighted by Crippen LogP contribution is 2.16. The van der Waals surface area contributed by atoms with Crippen LogP contribution in [0.25, 0.3) is 0 Å². The number of nitrogens with one attached hydrogen (secondary N) is 9. The number of nitrogens with zero attached hydrogens (tertiary/aromatic N) is 1. The standard InChI is InChI=1S/C60H118N18O10/c1-11-39(10)49(59(88)73-43(24-15-19-29-64)53(82)70-42(23-14-18-28-63)54(83)76-48(34-38(8)9)57(86)74-45(50(66)79)31-35(2)3)78-55(84)44(25-20-30-69-60(67)68)71-52(81)41(22-13-17-27-62)72-56(85)47(33-37(6)7)77-58(87)46(32-36(4)5)75-51(80)40(65)21-12-16-26-61/h35-49H,11-34,61-65H2,1-10H3,(H2,66,79)(H,70,82)(H,71,81)(H,72,85)(H,73,88)(H,74,86)(H,75,80)(H,76,83)(H,77,87)(H,78,84)(H4,67,68,69)/t39-,40-,41-,42-,43-,44-,45-,46-,47-,48-,49-/m0/s1. The van der Waals surface area contributed by atoms with Crippen molar-refractivity contribution in [3.63, 3.8) is 0 Å². The third-order valence-electron chi connectivity index (χ3n) is 14.8. The van der Waals surface area contributed by atoms with Gasteiger partial charge in [0, 0.05) is 6.54 Å². The number of nitrogens with two attached hydrogens (primary N) is 8. The molecule has 0 aliphatic rings. The van der Waals surface area contributed by atoms with Gasteiger partial charge < -0.3 is 93.7 Å². The molecule has 0 fully saturated rings. The van der Waals surface area contributed by atoms with Gasteiger partial charge in [-0.1, -0.05) is 82.1 Å². The average Bonchev–Trinajstić information content (AvgIpc) is 3.12. The molecular formula is C60H118N18O10. The van der Waals surface area contributed by atoms with Gasteiger partial charge in [-0.05, 0) is 165 Å². The highest BCUT2D eigenvalue weighted by atomic mass is 16.2. The summed E-state index contributed by atoms with van der Waals surface area (Å²) in [4.78, 5) is 144. The largest absolute Gasteiger partial charge is 0.370 e. The normalized spacial score (nSPS) is 15.2. The second-order valence-electron chi connectivity index (χ2n) is 25.0. The first kappa shape index (κ1) is 81.8. The molecule has 88 heavy (non-hydrogen) atoms. The first-order valence-corrected chi connectivity index (χ1v) is 32.1. The second-order valence-corrected chi connectivity index (χ2v) is 25.0. The zero-order chi connectivity index (χ0) is 67.1. The van der Waals surface area contributed by atoms with Crippen LogP contribution in [0.5, 0.6) is 0 Å². The highest BCUT2D eigenvalue weighted by molar-refractivity contribution is 5.98. The molecule has 0 aliphatic carbocycles. The Balaban J connectivity index is 7.16. The molecular weight excluding hydrogens is 1130 g/mol. The third-order valence-corrected chi connectivity index (χ3v) is 14.8. The third kappa shape index (κ3) is 35.1. The smallest absolute Gasteiger partial charge is 0.243 e. The SMILES string of the molecule is CC[C@H](C)[C@H](NC(=O)[C@H](CCCN=C(N)N)NC(=O)[C@H](CCCCN)NC(=O)[C@H](CC(C)C)NC(=O)[C@H](CC(C)C)NC(=O)[C@@H](N)CCCCN)C(=O)N[C@@H](CCCCN)C(=O)N[C@@H](CCCCN)C(=O)N[C@@H](CC(C)C)C(=O)N[C@@H](CC(C)C)C(N)=O. The van der Waals surface area contributed by atoms with Gasteiger partial charge in [0.25, 0.3) is 0 Å². The van der Waals surface area contributed by atoms with Crippen molar-refractivity contribution in [2.24, 2.45) is 80.5 Å². The molecule has 0 aromatic carbocycles. The maximum Gasteiger partial charge on any atom is 0.243 e. The molecule has 11 atom stereocenters. The van der Waals surface area contributed by atoms with Crippen LogP contribution in [0.1, 0.15) is 191 Å². The van der Waals surface area contributed by atoms with Crippen LogP contribution >= 0.6 is 0 Å². The molecule has 28 heteroatoms. The Labute approximate surface area is 523 Å². The minimum absolute atomic E-state index is 0.0175. The summed E-state index contributed by atoms with van der Waals surface area (Å²) in [5.74, 6) is -7.80. The number of rotatable bonds is 49. The summed E-state index contributed by atoms with van der Waals surface area (Å²) in [6.45, 7) is 19.9. The van der Waals surface area contributed by atoms with E-state index >= 15 is 0 Å². The molecule has 0 saturated heterocycles. The molecule has 0 unspecified atom stereocenters. The fourth-order valence-corrected chi connectivity index (χ4v) is 9.65. The molecule has 25 N–H and O–H groups in total. The average molecular weight is 1250 g/mol. The van der Waals surface area contributed by atoms with E-state index in [1.807, 2.05) is 55.4 Å². The lowest BCUT2D eigenvalue weighted by Crippen LogP contribution is -2.61. The zero-order valence-corrected chi connectivity index (χ0v) is 54.8. The summed E-state index contributed by atoms with van der Waals surface area (Å²) in [5, 5.41) is 25.1. The number of aliphatic imine (C=N–C) groups is 1. The molecule has 0 aromatic rings. The Bertz CT molecular complexity index is 2150. The van der Waals surface area contributed by atoms with Crippen LogP contribution in [-0.2, 0) is 47.9 Å². The molecule has 10 amide bonds. The van der Waals surface area contributed by atoms with E-state index in [1.54, 1.807) is 13.8 Å². The summed E-state index contributed by atoms with van der Waals surface area (Å²) in [5.41, 5.74) is 46.1. The molecule has 0 saturated carbocycles. The summed E-state index contributed by atoms with van der Waals surface area (Å²) in [6.07, 6.45) is 5.96. The molecule has 0 aliphatic heterocycles. The maximum atomic E-state index is 14.7. The summed E-state index contributed by atoms with van der Waals surface area (Å²) >= 11 is 0. The molecule has 0 radical (unpaired) electrons. The number of hydrogen-bond acceptors (Lipinski definition) is 16. The number of carbonyl (C=O) groups is 10. The van der Waals surface area contributed by atoms with Crippen LogP contribution in [0.3, 0.4) is 0 Å². The number of hydrogen-bond donors (Lipinski definition) is 17. The van der Waals surface area contributed by atoms with Crippen LogP contribution in [0, 0.1) is 29.6 Å². The number of amides is 10. The predicted molar refractivity (Wildman–Crippen MR) is 343 cm³/mol. The van der Waals surface area contributed by atoms with Crippen LogP contribution in [0.15, 0.2) is 4.99 Å². The fraction of sp³-hybridized carbons (Fsp3) is 0.817. The molecule has 0 bridgehead atoms. The number of unbranched alkanes of at least 4 members (excludes halogenated alkanes) is 4. The van der Waals surface area contributed by atoms with Gasteiger partial charge in [-0.25, -0.2) is 0 Å². The van der Waals surface area contributed by atoms with Crippen molar-refractivity contribution in [1.29, 1.82) is 0 Å². The van der Waals surface area contributed by atoms with Crippen molar-refractivity contribution in [2.75, 3.05) is 32.7 Å². The van der Waals surface area contributed by atoms with Crippen molar-refractivity contribution >= 4 is 65.0 Å².